The second kappa shape index (κ2) is 2.68. The van der Waals surface area contributed by atoms with Gasteiger partial charge in [0, 0.05) is 12.8 Å². The summed E-state index contributed by atoms with van der Waals surface area (Å²) in [5, 5.41) is 17.2. The number of nitrogens with one attached hydrogen (secondary N) is 1. The summed E-state index contributed by atoms with van der Waals surface area (Å²) in [4.78, 5) is 12.6. The van der Waals surface area contributed by atoms with Gasteiger partial charge in [0.05, 0.1) is 0 Å². The second-order valence-electron chi connectivity index (χ2n) is 3.77. The summed E-state index contributed by atoms with van der Waals surface area (Å²) in [6.45, 7) is -2.05. The zero-order valence-corrected chi connectivity index (χ0v) is 7.92. The molecule has 1 atom stereocenters. The van der Waals surface area contributed by atoms with Crippen LogP contribution in [0.5, 0.6) is 0 Å². The molecule has 76 valence electrons. The number of fused-ring (bicyclic) bond motifs is 3. The van der Waals surface area contributed by atoms with E-state index >= 15 is 0 Å². The maximum Gasteiger partial charge on any atom is 0.334 e. The smallest absolute Gasteiger partial charge is 0.334 e. The Hall–Kier alpha value is -1.66. The van der Waals surface area contributed by atoms with Crippen molar-refractivity contribution in [2.45, 2.75) is 0 Å². The predicted octanol–water partition coefficient (Wildman–Crippen LogP) is -1.40. The molecule has 1 aromatic rings. The number of hydrazone groups is 1. The molecule has 0 spiro atoms. The van der Waals surface area contributed by atoms with Crippen LogP contribution in [0.1, 0.15) is 5.56 Å². The Morgan fingerprint density at radius 3 is 3.13 bits per heavy atom. The summed E-state index contributed by atoms with van der Waals surface area (Å²) < 4.78 is 0. The SMILES string of the molecule is O=C1CN[B@@-]2(O)c3ccccc3C=NN12. The first-order valence-corrected chi connectivity index (χ1v) is 4.80. The van der Waals surface area contributed by atoms with Gasteiger partial charge in [0.2, 0.25) is 5.91 Å². The number of amides is 1. The number of nitrogens with zero attached hydrogens (tertiary/aromatic N) is 2. The molecule has 1 saturated heterocycles. The van der Waals surface area contributed by atoms with E-state index < -0.39 is 6.62 Å². The third-order valence-electron chi connectivity index (χ3n) is 2.90. The Morgan fingerprint density at radius 2 is 2.27 bits per heavy atom. The van der Waals surface area contributed by atoms with Crippen molar-refractivity contribution in [1.82, 2.24) is 10.1 Å². The molecular weight excluding hydrogens is 193 g/mol. The van der Waals surface area contributed by atoms with Crippen LogP contribution in [0.15, 0.2) is 29.4 Å². The molecule has 1 amide bonds. The molecule has 0 aliphatic carbocycles. The van der Waals surface area contributed by atoms with Crippen molar-refractivity contribution in [3.8, 4) is 0 Å². The summed E-state index contributed by atoms with van der Waals surface area (Å²) in [7, 11) is 0. The molecule has 2 heterocycles. The van der Waals surface area contributed by atoms with Gasteiger partial charge >= 0.3 is 6.62 Å². The highest BCUT2D eigenvalue weighted by molar-refractivity contribution is 6.85. The van der Waals surface area contributed by atoms with Crippen LogP contribution < -0.4 is 10.7 Å². The highest BCUT2D eigenvalue weighted by Gasteiger charge is 2.42. The molecule has 0 unspecified atom stereocenters. The zero-order valence-electron chi connectivity index (χ0n) is 7.92. The van der Waals surface area contributed by atoms with E-state index in [2.05, 4.69) is 10.3 Å². The van der Waals surface area contributed by atoms with Crippen LogP contribution in [0.2, 0.25) is 0 Å². The number of rotatable bonds is 0. The third kappa shape index (κ3) is 1.00. The minimum absolute atomic E-state index is 0.127. The molecule has 15 heavy (non-hydrogen) atoms. The van der Waals surface area contributed by atoms with E-state index in [4.69, 9.17) is 0 Å². The van der Waals surface area contributed by atoms with E-state index in [1.54, 1.807) is 12.3 Å². The van der Waals surface area contributed by atoms with Gasteiger partial charge in [-0.2, -0.15) is 0 Å². The molecule has 6 heteroatoms. The number of benzene rings is 1. The molecule has 2 aliphatic heterocycles. The van der Waals surface area contributed by atoms with Crippen molar-refractivity contribution in [3.05, 3.63) is 29.8 Å². The van der Waals surface area contributed by atoms with Crippen molar-refractivity contribution < 1.29 is 9.82 Å². The number of carbonyl (C=O) groups excluding carboxylic acids is 1. The summed E-state index contributed by atoms with van der Waals surface area (Å²) in [6.07, 6.45) is 1.59. The van der Waals surface area contributed by atoms with Crippen LogP contribution in [0, 0.1) is 0 Å². The Balaban J connectivity index is 2.22. The van der Waals surface area contributed by atoms with Crippen molar-refractivity contribution in [3.63, 3.8) is 0 Å². The van der Waals surface area contributed by atoms with Gasteiger partial charge < -0.3 is 15.2 Å². The lowest BCUT2D eigenvalue weighted by atomic mass is 9.57. The molecule has 0 bridgehead atoms. The van der Waals surface area contributed by atoms with E-state index in [1.165, 1.54) is 0 Å². The van der Waals surface area contributed by atoms with Gasteiger partial charge in [-0.3, -0.25) is 4.79 Å². The van der Waals surface area contributed by atoms with Gasteiger partial charge in [-0.15, -0.1) is 5.46 Å². The summed E-state index contributed by atoms with van der Waals surface area (Å²) >= 11 is 0. The largest absolute Gasteiger partial charge is 0.570 e. The lowest BCUT2D eigenvalue weighted by Crippen LogP contribution is -2.68. The first-order valence-electron chi connectivity index (χ1n) is 4.80. The first kappa shape index (κ1) is 8.64. The predicted molar refractivity (Wildman–Crippen MR) is 56.5 cm³/mol. The molecule has 2 N–H and O–H groups in total. The Morgan fingerprint density at radius 1 is 1.47 bits per heavy atom. The topological polar surface area (TPSA) is 64.9 Å². The van der Waals surface area contributed by atoms with Crippen LogP contribution in [-0.4, -0.2) is 35.2 Å². The van der Waals surface area contributed by atoms with E-state index in [0.29, 0.717) is 0 Å². The van der Waals surface area contributed by atoms with Crippen LogP contribution in [0.3, 0.4) is 0 Å². The van der Waals surface area contributed by atoms with Crippen LogP contribution in [0.25, 0.3) is 0 Å². The van der Waals surface area contributed by atoms with Gasteiger partial charge in [-0.1, -0.05) is 24.3 Å². The minimum Gasteiger partial charge on any atom is -0.570 e. The normalized spacial score (nSPS) is 27.8. The van der Waals surface area contributed by atoms with E-state index in [-0.39, 0.29) is 12.5 Å². The van der Waals surface area contributed by atoms with Crippen molar-refractivity contribution >= 4 is 24.2 Å². The Labute approximate surface area is 86.4 Å². The van der Waals surface area contributed by atoms with Gasteiger partial charge in [0.15, 0.2) is 0 Å². The number of carbonyl (C=O) groups is 1. The van der Waals surface area contributed by atoms with E-state index in [9.17, 15) is 9.82 Å². The lowest BCUT2D eigenvalue weighted by molar-refractivity contribution is -0.124. The maximum atomic E-state index is 11.4. The van der Waals surface area contributed by atoms with Gasteiger partial charge in [0.1, 0.15) is 0 Å². The quantitative estimate of drug-likeness (QED) is 0.508. The monoisotopic (exact) mass is 202 g/mol. The maximum absolute atomic E-state index is 11.4. The average molecular weight is 202 g/mol. The highest BCUT2D eigenvalue weighted by Crippen LogP contribution is 2.16. The number of hydrogen-bond acceptors (Lipinski definition) is 4. The van der Waals surface area contributed by atoms with Gasteiger partial charge in [-0.25, -0.2) is 5.10 Å². The number of hydrogen-bond donors (Lipinski definition) is 2. The lowest BCUT2D eigenvalue weighted by Gasteiger charge is -2.40. The fraction of sp³-hybridized carbons (Fsp3) is 0.111. The Kier molecular flexibility index (Phi) is 1.54. The fourth-order valence-electron chi connectivity index (χ4n) is 2.13. The standard InChI is InChI=1S/C9H9BN3O2/c14-9-6-11-10(15)8-4-2-1-3-7(8)5-12-13(9)10/h1-5,11,15H,6H2/q-1/t10-/m0/s1. The van der Waals surface area contributed by atoms with E-state index in [0.717, 1.165) is 15.9 Å². The molecule has 0 saturated carbocycles. The average Bonchev–Trinajstić information content (AvgIpc) is 2.56. The molecule has 2 aliphatic rings. The second-order valence-corrected chi connectivity index (χ2v) is 3.77. The minimum atomic E-state index is -2.18. The fourth-order valence-corrected chi connectivity index (χ4v) is 2.13. The first-order chi connectivity index (χ1) is 7.22. The van der Waals surface area contributed by atoms with Crippen LogP contribution in [-0.2, 0) is 4.79 Å². The molecular formula is C9H9BN3O2-. The van der Waals surface area contributed by atoms with Gasteiger partial charge in [-0.05, 0) is 5.56 Å². The molecule has 1 fully saturated rings. The molecule has 0 radical (unpaired) electrons. The summed E-state index contributed by atoms with van der Waals surface area (Å²) in [5.74, 6) is -0.205. The highest BCUT2D eigenvalue weighted by atomic mass is 16.3. The van der Waals surface area contributed by atoms with Crippen molar-refractivity contribution in [2.75, 3.05) is 6.54 Å². The molecule has 0 aromatic heterocycles. The van der Waals surface area contributed by atoms with Crippen LogP contribution >= 0.6 is 0 Å². The van der Waals surface area contributed by atoms with Crippen molar-refractivity contribution in [1.29, 1.82) is 0 Å². The molecule has 1 aromatic carbocycles. The zero-order chi connectivity index (χ0) is 10.5. The third-order valence-corrected chi connectivity index (χ3v) is 2.90. The summed E-state index contributed by atoms with van der Waals surface area (Å²) in [5.41, 5.74) is 1.57. The molecule has 5 nitrogen and oxygen atoms in total. The van der Waals surface area contributed by atoms with E-state index in [1.807, 2.05) is 18.2 Å². The van der Waals surface area contributed by atoms with Crippen molar-refractivity contribution in [2.24, 2.45) is 5.10 Å². The molecule has 3 rings (SSSR count). The Bertz CT molecular complexity index is 476. The van der Waals surface area contributed by atoms with Crippen LogP contribution in [0.4, 0.5) is 0 Å². The van der Waals surface area contributed by atoms with Gasteiger partial charge in [0.25, 0.3) is 0 Å². The summed E-state index contributed by atoms with van der Waals surface area (Å²) in [6, 6.07) is 7.37.